The largest absolute Gasteiger partial charge is 0.491 e. The first kappa shape index (κ1) is 19.2. The van der Waals surface area contributed by atoms with Gasteiger partial charge in [0, 0.05) is 19.6 Å². The summed E-state index contributed by atoms with van der Waals surface area (Å²) in [4.78, 5) is 29.4. The maximum Gasteiger partial charge on any atom is 0.278 e. The van der Waals surface area contributed by atoms with E-state index in [-0.39, 0.29) is 24.5 Å². The molecule has 0 saturated carbocycles. The zero-order valence-corrected chi connectivity index (χ0v) is 16.4. The minimum Gasteiger partial charge on any atom is -0.491 e. The van der Waals surface area contributed by atoms with E-state index in [1.807, 2.05) is 38.1 Å². The van der Waals surface area contributed by atoms with E-state index >= 15 is 0 Å². The van der Waals surface area contributed by atoms with E-state index in [1.165, 1.54) is 4.90 Å². The summed E-state index contributed by atoms with van der Waals surface area (Å²) in [6.07, 6.45) is 3.73. The molecule has 5 nitrogen and oxygen atoms in total. The van der Waals surface area contributed by atoms with Crippen LogP contribution < -0.4 is 4.74 Å². The topological polar surface area (TPSA) is 49.9 Å². The Morgan fingerprint density at radius 1 is 1.15 bits per heavy atom. The number of nitrogens with zero attached hydrogens (tertiary/aromatic N) is 2. The molecule has 0 spiro atoms. The van der Waals surface area contributed by atoms with Crippen molar-refractivity contribution in [1.82, 2.24) is 9.80 Å². The molecular weight excluding hydrogens is 340 g/mol. The number of amides is 2. The van der Waals surface area contributed by atoms with Crippen molar-refractivity contribution in [1.29, 1.82) is 0 Å². The molecule has 2 aliphatic rings. The average molecular weight is 368 g/mol. The Hall–Kier alpha value is -2.56. The number of rotatable bonds is 6. The van der Waals surface area contributed by atoms with Gasteiger partial charge in [0.15, 0.2) is 0 Å². The molecule has 0 unspecified atom stereocenters. The van der Waals surface area contributed by atoms with Gasteiger partial charge in [-0.2, -0.15) is 0 Å². The highest BCUT2D eigenvalue weighted by atomic mass is 16.5. The molecule has 2 aliphatic heterocycles. The average Bonchev–Trinajstić information content (AvgIpc) is 2.88. The third kappa shape index (κ3) is 3.92. The maximum absolute atomic E-state index is 13.0. The molecule has 1 aromatic rings. The first-order valence-electron chi connectivity index (χ1n) is 9.65. The number of piperidine rings is 1. The fourth-order valence-corrected chi connectivity index (χ4v) is 3.62. The summed E-state index contributed by atoms with van der Waals surface area (Å²) < 4.78 is 5.69. The second kappa shape index (κ2) is 7.99. The molecule has 0 radical (unpaired) electrons. The lowest BCUT2D eigenvalue weighted by Gasteiger charge is -2.32. The van der Waals surface area contributed by atoms with Gasteiger partial charge in [0.05, 0.1) is 11.7 Å². The van der Waals surface area contributed by atoms with E-state index in [0.717, 1.165) is 37.2 Å². The predicted octanol–water partition coefficient (Wildman–Crippen LogP) is 3.47. The zero-order valence-electron chi connectivity index (χ0n) is 16.4. The van der Waals surface area contributed by atoms with Crippen LogP contribution >= 0.6 is 0 Å². The number of hydrogen-bond donors (Lipinski definition) is 0. The summed E-state index contributed by atoms with van der Waals surface area (Å²) in [5.74, 6) is 0.940. The van der Waals surface area contributed by atoms with Gasteiger partial charge in [-0.25, -0.2) is 0 Å². The SMILES string of the molecule is C=CCN1C(=O)C(c2ccc(OC(C)C)cc2)=C(N2CCC(C)CC2)C1=O. The highest BCUT2D eigenvalue weighted by molar-refractivity contribution is 6.35. The number of carbonyl (C=O) groups is 2. The van der Waals surface area contributed by atoms with Gasteiger partial charge in [-0.3, -0.25) is 14.5 Å². The number of imide groups is 1. The Labute approximate surface area is 161 Å². The second-order valence-corrected chi connectivity index (χ2v) is 7.59. The summed E-state index contributed by atoms with van der Waals surface area (Å²) in [7, 11) is 0. The van der Waals surface area contributed by atoms with Crippen LogP contribution in [0.1, 0.15) is 39.2 Å². The molecule has 0 aliphatic carbocycles. The Morgan fingerprint density at radius 3 is 2.33 bits per heavy atom. The van der Waals surface area contributed by atoms with E-state index in [4.69, 9.17) is 4.74 Å². The molecule has 2 heterocycles. The van der Waals surface area contributed by atoms with E-state index < -0.39 is 0 Å². The highest BCUT2D eigenvalue weighted by Crippen LogP contribution is 2.34. The van der Waals surface area contributed by atoms with Gasteiger partial charge in [-0.1, -0.05) is 25.1 Å². The summed E-state index contributed by atoms with van der Waals surface area (Å²) >= 11 is 0. The van der Waals surface area contributed by atoms with Crippen molar-refractivity contribution in [2.24, 2.45) is 5.92 Å². The molecule has 3 rings (SSSR count). The van der Waals surface area contributed by atoms with Crippen LogP contribution in [0.4, 0.5) is 0 Å². The third-order valence-corrected chi connectivity index (χ3v) is 5.07. The second-order valence-electron chi connectivity index (χ2n) is 7.59. The lowest BCUT2D eigenvalue weighted by Crippen LogP contribution is -2.38. The number of benzene rings is 1. The van der Waals surface area contributed by atoms with Gasteiger partial charge >= 0.3 is 0 Å². The van der Waals surface area contributed by atoms with Crippen molar-refractivity contribution in [3.63, 3.8) is 0 Å². The van der Waals surface area contributed by atoms with E-state index in [9.17, 15) is 9.59 Å². The smallest absolute Gasteiger partial charge is 0.278 e. The maximum atomic E-state index is 13.0. The Bertz CT molecular complexity index is 756. The minimum atomic E-state index is -0.244. The molecule has 1 aromatic carbocycles. The summed E-state index contributed by atoms with van der Waals surface area (Å²) in [6.45, 7) is 11.7. The normalized spacial score (nSPS) is 18.7. The monoisotopic (exact) mass is 368 g/mol. The van der Waals surface area contributed by atoms with Crippen molar-refractivity contribution in [3.05, 3.63) is 48.2 Å². The molecule has 144 valence electrons. The number of hydrogen-bond acceptors (Lipinski definition) is 4. The first-order valence-corrected chi connectivity index (χ1v) is 9.65. The van der Waals surface area contributed by atoms with E-state index in [0.29, 0.717) is 17.2 Å². The van der Waals surface area contributed by atoms with Crippen molar-refractivity contribution in [2.45, 2.75) is 39.7 Å². The molecule has 1 fully saturated rings. The molecule has 0 atom stereocenters. The number of likely N-dealkylation sites (tertiary alicyclic amines) is 1. The fraction of sp³-hybridized carbons (Fsp3) is 0.455. The van der Waals surface area contributed by atoms with Gasteiger partial charge in [-0.05, 0) is 50.3 Å². The van der Waals surface area contributed by atoms with Gasteiger partial charge < -0.3 is 9.64 Å². The third-order valence-electron chi connectivity index (χ3n) is 5.07. The van der Waals surface area contributed by atoms with Crippen LogP contribution in [0, 0.1) is 5.92 Å². The zero-order chi connectivity index (χ0) is 19.6. The Morgan fingerprint density at radius 2 is 1.78 bits per heavy atom. The Kier molecular flexibility index (Phi) is 5.68. The van der Waals surface area contributed by atoms with Gasteiger partial charge in [0.1, 0.15) is 11.4 Å². The lowest BCUT2D eigenvalue weighted by molar-refractivity contribution is -0.137. The first-order chi connectivity index (χ1) is 12.9. The van der Waals surface area contributed by atoms with Crippen molar-refractivity contribution >= 4 is 17.4 Å². The molecule has 27 heavy (non-hydrogen) atoms. The van der Waals surface area contributed by atoms with Crippen LogP contribution in [0.2, 0.25) is 0 Å². The molecule has 0 aromatic heterocycles. The van der Waals surface area contributed by atoms with Crippen LogP contribution in [0.5, 0.6) is 5.75 Å². The van der Waals surface area contributed by atoms with E-state index in [1.54, 1.807) is 6.08 Å². The highest BCUT2D eigenvalue weighted by Gasteiger charge is 2.41. The number of ether oxygens (including phenoxy) is 1. The summed E-state index contributed by atoms with van der Waals surface area (Å²) in [5, 5.41) is 0. The lowest BCUT2D eigenvalue weighted by atomic mass is 9.97. The van der Waals surface area contributed by atoms with Crippen molar-refractivity contribution < 1.29 is 14.3 Å². The molecular formula is C22H28N2O3. The quantitative estimate of drug-likeness (QED) is 0.570. The van der Waals surface area contributed by atoms with Gasteiger partial charge in [0.25, 0.3) is 11.8 Å². The molecule has 5 heteroatoms. The minimum absolute atomic E-state index is 0.0822. The summed E-state index contributed by atoms with van der Waals surface area (Å²) in [5.41, 5.74) is 1.78. The molecule has 0 bridgehead atoms. The fourth-order valence-electron chi connectivity index (χ4n) is 3.62. The predicted molar refractivity (Wildman–Crippen MR) is 106 cm³/mol. The summed E-state index contributed by atoms with van der Waals surface area (Å²) in [6, 6.07) is 7.43. The van der Waals surface area contributed by atoms with Crippen LogP contribution in [-0.4, -0.2) is 47.4 Å². The van der Waals surface area contributed by atoms with Crippen LogP contribution in [0.15, 0.2) is 42.6 Å². The van der Waals surface area contributed by atoms with Gasteiger partial charge in [0.2, 0.25) is 0 Å². The molecule has 0 N–H and O–H groups in total. The molecule has 1 saturated heterocycles. The molecule has 2 amide bonds. The Balaban J connectivity index is 1.98. The van der Waals surface area contributed by atoms with Crippen LogP contribution in [0.25, 0.3) is 5.57 Å². The number of carbonyl (C=O) groups excluding carboxylic acids is 2. The van der Waals surface area contributed by atoms with E-state index in [2.05, 4.69) is 18.4 Å². The standard InChI is InChI=1S/C22H28N2O3/c1-5-12-24-21(25)19(17-6-8-18(9-7-17)27-15(2)3)20(22(24)26)23-13-10-16(4)11-14-23/h5-9,15-16H,1,10-14H2,2-4H3. The van der Waals surface area contributed by atoms with Crippen LogP contribution in [0.3, 0.4) is 0 Å². The van der Waals surface area contributed by atoms with Crippen molar-refractivity contribution in [2.75, 3.05) is 19.6 Å². The van der Waals surface area contributed by atoms with Crippen LogP contribution in [-0.2, 0) is 9.59 Å². The van der Waals surface area contributed by atoms with Gasteiger partial charge in [-0.15, -0.1) is 6.58 Å². The van der Waals surface area contributed by atoms with Crippen molar-refractivity contribution in [3.8, 4) is 5.75 Å².